The maximum absolute atomic E-state index is 2.44. The first-order chi connectivity index (χ1) is 6.27. The summed E-state index contributed by atoms with van der Waals surface area (Å²) in [7, 11) is 0. The highest BCUT2D eigenvalue weighted by Crippen LogP contribution is 2.42. The van der Waals surface area contributed by atoms with E-state index in [4.69, 9.17) is 0 Å². The molecule has 0 spiro atoms. The minimum absolute atomic E-state index is 0.902. The van der Waals surface area contributed by atoms with Gasteiger partial charge in [0.05, 0.1) is 0 Å². The third-order valence-electron chi connectivity index (χ3n) is 4.09. The Morgan fingerprint density at radius 1 is 1.08 bits per heavy atom. The molecule has 3 aliphatic rings. The van der Waals surface area contributed by atoms with Gasteiger partial charge in [-0.3, -0.25) is 0 Å². The smallest absolute Gasteiger partial charge is 0.0319 e. The summed E-state index contributed by atoms with van der Waals surface area (Å²) in [5.41, 5.74) is 0. The number of allylic oxidation sites excluding steroid dienone is 2. The molecule has 0 aliphatic heterocycles. The maximum Gasteiger partial charge on any atom is -0.0319 e. The monoisotopic (exact) mass is 178 g/mol. The SMILES string of the molecule is CC(C)C1CC2C/C=C\CC1CC2. The van der Waals surface area contributed by atoms with Crippen LogP contribution < -0.4 is 0 Å². The van der Waals surface area contributed by atoms with E-state index in [1.807, 2.05) is 0 Å². The average Bonchev–Trinajstić information content (AvgIpc) is 2.04. The van der Waals surface area contributed by atoms with Gasteiger partial charge in [-0.25, -0.2) is 0 Å². The molecule has 2 bridgehead atoms. The fourth-order valence-corrected chi connectivity index (χ4v) is 3.24. The summed E-state index contributed by atoms with van der Waals surface area (Å²) in [6.45, 7) is 4.82. The van der Waals surface area contributed by atoms with Crippen LogP contribution in [0.25, 0.3) is 0 Å². The molecule has 3 rings (SSSR count). The van der Waals surface area contributed by atoms with Crippen molar-refractivity contribution in [1.29, 1.82) is 0 Å². The molecule has 1 fully saturated rings. The van der Waals surface area contributed by atoms with E-state index in [0.29, 0.717) is 0 Å². The standard InChI is InChI=1S/C13H22/c1-10(2)13-9-11-5-3-4-6-12(13)8-7-11/h3-4,10-13H,5-9H2,1-2H3/b4-3-. The van der Waals surface area contributed by atoms with Crippen molar-refractivity contribution in [2.75, 3.05) is 0 Å². The minimum atomic E-state index is 0.902. The van der Waals surface area contributed by atoms with Gasteiger partial charge in [-0.15, -0.1) is 0 Å². The van der Waals surface area contributed by atoms with Gasteiger partial charge >= 0.3 is 0 Å². The van der Waals surface area contributed by atoms with Crippen LogP contribution in [-0.4, -0.2) is 0 Å². The lowest BCUT2D eigenvalue weighted by Gasteiger charge is -2.39. The number of fused-ring (bicyclic) bond motifs is 4. The Bertz CT molecular complexity index is 190. The van der Waals surface area contributed by atoms with Crippen molar-refractivity contribution >= 4 is 0 Å². The summed E-state index contributed by atoms with van der Waals surface area (Å²) < 4.78 is 0. The number of hydrogen-bond acceptors (Lipinski definition) is 0. The second-order valence-corrected chi connectivity index (χ2v) is 5.29. The fraction of sp³-hybridized carbons (Fsp3) is 0.846. The number of hydrogen-bond donors (Lipinski definition) is 0. The average molecular weight is 178 g/mol. The van der Waals surface area contributed by atoms with Crippen molar-refractivity contribution in [3.8, 4) is 0 Å². The van der Waals surface area contributed by atoms with Gasteiger partial charge in [0.15, 0.2) is 0 Å². The van der Waals surface area contributed by atoms with Gasteiger partial charge in [0.1, 0.15) is 0 Å². The normalized spacial score (nSPS) is 41.6. The number of rotatable bonds is 1. The Morgan fingerprint density at radius 3 is 2.62 bits per heavy atom. The van der Waals surface area contributed by atoms with Crippen molar-refractivity contribution in [3.05, 3.63) is 12.2 Å². The molecule has 0 aromatic carbocycles. The molecule has 0 radical (unpaired) electrons. The Kier molecular flexibility index (Phi) is 2.76. The Balaban J connectivity index is 2.11. The summed E-state index contributed by atoms with van der Waals surface area (Å²) in [5, 5.41) is 0. The van der Waals surface area contributed by atoms with Gasteiger partial charge in [0.2, 0.25) is 0 Å². The summed E-state index contributed by atoms with van der Waals surface area (Å²) >= 11 is 0. The van der Waals surface area contributed by atoms with Gasteiger partial charge in [-0.2, -0.15) is 0 Å². The second kappa shape index (κ2) is 3.86. The van der Waals surface area contributed by atoms with E-state index in [-0.39, 0.29) is 0 Å². The molecule has 0 heteroatoms. The highest BCUT2D eigenvalue weighted by molar-refractivity contribution is 4.95. The quantitative estimate of drug-likeness (QED) is 0.532. The van der Waals surface area contributed by atoms with E-state index in [1.54, 1.807) is 0 Å². The lowest BCUT2D eigenvalue weighted by atomic mass is 9.66. The van der Waals surface area contributed by atoms with Crippen LogP contribution in [0.1, 0.15) is 46.0 Å². The third kappa shape index (κ3) is 1.98. The van der Waals surface area contributed by atoms with Crippen LogP contribution in [0.5, 0.6) is 0 Å². The van der Waals surface area contributed by atoms with Crippen LogP contribution in [0.3, 0.4) is 0 Å². The topological polar surface area (TPSA) is 0 Å². The van der Waals surface area contributed by atoms with Crippen LogP contribution in [0.15, 0.2) is 12.2 Å². The molecule has 3 unspecified atom stereocenters. The first-order valence-electron chi connectivity index (χ1n) is 5.92. The molecule has 13 heavy (non-hydrogen) atoms. The largest absolute Gasteiger partial charge is 0.0883 e. The molecule has 0 amide bonds. The summed E-state index contributed by atoms with van der Waals surface area (Å²) in [6, 6.07) is 0. The molecule has 0 heterocycles. The van der Waals surface area contributed by atoms with Crippen LogP contribution in [-0.2, 0) is 0 Å². The molecule has 3 aliphatic carbocycles. The summed E-state index contributed by atoms with van der Waals surface area (Å²) in [4.78, 5) is 0. The minimum Gasteiger partial charge on any atom is -0.0883 e. The van der Waals surface area contributed by atoms with Crippen molar-refractivity contribution in [2.24, 2.45) is 23.7 Å². The first kappa shape index (κ1) is 9.30. The molecule has 0 nitrogen and oxygen atoms in total. The predicted octanol–water partition coefficient (Wildman–Crippen LogP) is 4.02. The molecule has 74 valence electrons. The third-order valence-corrected chi connectivity index (χ3v) is 4.09. The molecular weight excluding hydrogens is 156 g/mol. The Morgan fingerprint density at radius 2 is 1.85 bits per heavy atom. The van der Waals surface area contributed by atoms with Gasteiger partial charge in [0.25, 0.3) is 0 Å². The zero-order valence-corrected chi connectivity index (χ0v) is 9.00. The van der Waals surface area contributed by atoms with Crippen molar-refractivity contribution in [2.45, 2.75) is 46.0 Å². The highest BCUT2D eigenvalue weighted by atomic mass is 14.4. The van der Waals surface area contributed by atoms with E-state index in [0.717, 1.165) is 23.7 Å². The maximum atomic E-state index is 2.44. The Hall–Kier alpha value is -0.260. The van der Waals surface area contributed by atoms with E-state index >= 15 is 0 Å². The van der Waals surface area contributed by atoms with E-state index in [9.17, 15) is 0 Å². The van der Waals surface area contributed by atoms with E-state index in [1.165, 1.54) is 32.1 Å². The lowest BCUT2D eigenvalue weighted by Crippen LogP contribution is -2.29. The van der Waals surface area contributed by atoms with Gasteiger partial charge < -0.3 is 0 Å². The molecule has 0 aromatic rings. The highest BCUT2D eigenvalue weighted by Gasteiger charge is 2.31. The first-order valence-corrected chi connectivity index (χ1v) is 5.92. The summed E-state index contributed by atoms with van der Waals surface area (Å²) in [5.74, 6) is 3.94. The van der Waals surface area contributed by atoms with Crippen LogP contribution >= 0.6 is 0 Å². The molecular formula is C13H22. The zero-order valence-electron chi connectivity index (χ0n) is 9.00. The van der Waals surface area contributed by atoms with E-state index < -0.39 is 0 Å². The predicted molar refractivity (Wildman–Crippen MR) is 57.5 cm³/mol. The van der Waals surface area contributed by atoms with Crippen molar-refractivity contribution < 1.29 is 0 Å². The summed E-state index contributed by atoms with van der Waals surface area (Å²) in [6.07, 6.45) is 12.1. The molecule has 3 atom stereocenters. The van der Waals surface area contributed by atoms with Crippen LogP contribution in [0, 0.1) is 23.7 Å². The van der Waals surface area contributed by atoms with Crippen LogP contribution in [0.2, 0.25) is 0 Å². The van der Waals surface area contributed by atoms with Crippen molar-refractivity contribution in [1.82, 2.24) is 0 Å². The molecule has 0 N–H and O–H groups in total. The molecule has 1 saturated carbocycles. The Labute approximate surface area is 82.4 Å². The zero-order chi connectivity index (χ0) is 9.26. The van der Waals surface area contributed by atoms with E-state index in [2.05, 4.69) is 26.0 Å². The fourth-order valence-electron chi connectivity index (χ4n) is 3.24. The van der Waals surface area contributed by atoms with Gasteiger partial charge in [-0.1, -0.05) is 26.0 Å². The molecule has 0 saturated heterocycles. The van der Waals surface area contributed by atoms with Gasteiger partial charge in [0, 0.05) is 0 Å². The molecule has 0 aromatic heterocycles. The van der Waals surface area contributed by atoms with Crippen molar-refractivity contribution in [3.63, 3.8) is 0 Å². The second-order valence-electron chi connectivity index (χ2n) is 5.29. The van der Waals surface area contributed by atoms with Gasteiger partial charge in [-0.05, 0) is 55.8 Å². The van der Waals surface area contributed by atoms with Crippen LogP contribution in [0.4, 0.5) is 0 Å². The lowest BCUT2D eigenvalue weighted by molar-refractivity contribution is 0.133.